The van der Waals surface area contributed by atoms with Crippen LogP contribution in [0.25, 0.3) is 0 Å². The Bertz CT molecular complexity index is 767. The van der Waals surface area contributed by atoms with Gasteiger partial charge in [0.1, 0.15) is 0 Å². The summed E-state index contributed by atoms with van der Waals surface area (Å²) in [6.07, 6.45) is 3.53. The third-order valence-corrected chi connectivity index (χ3v) is 5.03. The molecule has 1 N–H and O–H groups in total. The van der Waals surface area contributed by atoms with E-state index in [9.17, 15) is 4.79 Å². The monoisotopic (exact) mass is 510 g/mol. The summed E-state index contributed by atoms with van der Waals surface area (Å²) in [6.45, 7) is 8.70. The molecule has 1 aliphatic heterocycles. The lowest BCUT2D eigenvalue weighted by Crippen LogP contribution is -2.53. The Balaban J connectivity index is 0.00000300. The van der Waals surface area contributed by atoms with Gasteiger partial charge in [0.25, 0.3) is 5.91 Å². The number of rotatable bonds is 6. The predicted octanol–water partition coefficient (Wildman–Crippen LogP) is 3.43. The lowest BCUT2D eigenvalue weighted by molar-refractivity contribution is 0.0657. The fourth-order valence-corrected chi connectivity index (χ4v) is 3.34. The highest BCUT2D eigenvalue weighted by molar-refractivity contribution is 14.0. The zero-order valence-electron chi connectivity index (χ0n) is 17.3. The van der Waals surface area contributed by atoms with E-state index in [0.717, 1.165) is 45.0 Å². The average Bonchev–Trinajstić information content (AvgIpc) is 3.28. The summed E-state index contributed by atoms with van der Waals surface area (Å²) in [6, 6.07) is 12.2. The molecule has 1 aliphatic rings. The van der Waals surface area contributed by atoms with Crippen molar-refractivity contribution >= 4 is 35.8 Å². The molecule has 1 aromatic carbocycles. The molecule has 1 amide bonds. The molecule has 0 aliphatic carbocycles. The molecule has 29 heavy (non-hydrogen) atoms. The van der Waals surface area contributed by atoms with Crippen molar-refractivity contribution < 1.29 is 9.21 Å². The number of aliphatic imine (C=N–C) groups is 1. The second-order valence-electron chi connectivity index (χ2n) is 6.91. The summed E-state index contributed by atoms with van der Waals surface area (Å²) in [7, 11) is 0. The highest BCUT2D eigenvalue weighted by Gasteiger charge is 2.25. The van der Waals surface area contributed by atoms with Crippen LogP contribution in [0, 0.1) is 0 Å². The summed E-state index contributed by atoms with van der Waals surface area (Å²) in [4.78, 5) is 21.3. The molecule has 1 fully saturated rings. The highest BCUT2D eigenvalue weighted by atomic mass is 127. The first-order chi connectivity index (χ1) is 13.7. The van der Waals surface area contributed by atoms with E-state index in [2.05, 4.69) is 48.3 Å². The molecule has 0 atom stereocenters. The summed E-state index contributed by atoms with van der Waals surface area (Å²) < 4.78 is 5.23. The minimum atomic E-state index is -0.0397. The van der Waals surface area contributed by atoms with E-state index in [1.54, 1.807) is 12.1 Å². The molecular weight excluding hydrogens is 479 g/mol. The second kappa shape index (κ2) is 11.8. The molecule has 0 spiro atoms. The molecule has 0 radical (unpaired) electrons. The number of nitrogens with zero attached hydrogens (tertiary/aromatic N) is 3. The smallest absolute Gasteiger partial charge is 0.289 e. The van der Waals surface area contributed by atoms with E-state index in [4.69, 9.17) is 9.41 Å². The third-order valence-electron chi connectivity index (χ3n) is 5.03. The van der Waals surface area contributed by atoms with Crippen molar-refractivity contribution in [1.29, 1.82) is 0 Å². The van der Waals surface area contributed by atoms with Gasteiger partial charge >= 0.3 is 0 Å². The van der Waals surface area contributed by atoms with Gasteiger partial charge in [0.2, 0.25) is 0 Å². The highest BCUT2D eigenvalue weighted by Crippen LogP contribution is 2.10. The van der Waals surface area contributed by atoms with Crippen LogP contribution in [0.2, 0.25) is 0 Å². The molecule has 0 bridgehead atoms. The van der Waals surface area contributed by atoms with Gasteiger partial charge in [-0.25, -0.2) is 0 Å². The number of carbonyl (C=O) groups excluding carboxylic acids is 1. The van der Waals surface area contributed by atoms with Crippen LogP contribution in [0.4, 0.5) is 0 Å². The van der Waals surface area contributed by atoms with Gasteiger partial charge in [0, 0.05) is 39.3 Å². The van der Waals surface area contributed by atoms with Crippen LogP contribution < -0.4 is 5.32 Å². The van der Waals surface area contributed by atoms with Gasteiger partial charge < -0.3 is 19.5 Å². The van der Waals surface area contributed by atoms with E-state index in [1.165, 1.54) is 17.4 Å². The van der Waals surface area contributed by atoms with E-state index in [0.29, 0.717) is 18.8 Å². The van der Waals surface area contributed by atoms with Gasteiger partial charge in [-0.2, -0.15) is 0 Å². The van der Waals surface area contributed by atoms with Crippen molar-refractivity contribution in [3.8, 4) is 0 Å². The van der Waals surface area contributed by atoms with Gasteiger partial charge in [-0.1, -0.05) is 31.2 Å². The molecule has 158 valence electrons. The number of halogens is 1. The fraction of sp³-hybridized carbons (Fsp3) is 0.455. The quantitative estimate of drug-likeness (QED) is 0.368. The van der Waals surface area contributed by atoms with Crippen molar-refractivity contribution in [3.63, 3.8) is 0 Å². The molecule has 7 heteroatoms. The van der Waals surface area contributed by atoms with Crippen molar-refractivity contribution in [2.45, 2.75) is 26.7 Å². The van der Waals surface area contributed by atoms with Gasteiger partial charge in [0.05, 0.1) is 6.26 Å². The minimum Gasteiger partial charge on any atom is -0.459 e. The Morgan fingerprint density at radius 3 is 2.28 bits per heavy atom. The van der Waals surface area contributed by atoms with Crippen LogP contribution in [-0.2, 0) is 12.8 Å². The number of carbonyl (C=O) groups is 1. The molecule has 2 heterocycles. The van der Waals surface area contributed by atoms with E-state index < -0.39 is 0 Å². The molecular formula is C22H31IN4O2. The Hall–Kier alpha value is -2.03. The standard InChI is InChI=1S/C22H30N4O2.HI/c1-3-18-7-9-19(10-8-18)11-12-24-22(23-4-2)26-15-13-25(14-16-26)21(27)20-6-5-17-28-20;/h5-10,17H,3-4,11-16H2,1-2H3,(H,23,24);1H. The normalized spacial score (nSPS) is 14.5. The van der Waals surface area contributed by atoms with Gasteiger partial charge in [-0.15, -0.1) is 24.0 Å². The number of hydrogen-bond donors (Lipinski definition) is 1. The predicted molar refractivity (Wildman–Crippen MR) is 127 cm³/mol. The van der Waals surface area contributed by atoms with Crippen molar-refractivity contribution in [1.82, 2.24) is 15.1 Å². The van der Waals surface area contributed by atoms with Gasteiger partial charge in [0.15, 0.2) is 11.7 Å². The van der Waals surface area contributed by atoms with E-state index >= 15 is 0 Å². The van der Waals surface area contributed by atoms with Gasteiger partial charge in [-0.05, 0) is 43.0 Å². The number of amides is 1. The molecule has 3 rings (SSSR count). The minimum absolute atomic E-state index is 0. The van der Waals surface area contributed by atoms with Crippen LogP contribution in [-0.4, -0.2) is 60.9 Å². The van der Waals surface area contributed by atoms with E-state index in [-0.39, 0.29) is 29.9 Å². The maximum atomic E-state index is 12.4. The molecule has 1 aromatic heterocycles. The van der Waals surface area contributed by atoms with Crippen LogP contribution in [0.15, 0.2) is 52.1 Å². The maximum absolute atomic E-state index is 12.4. The van der Waals surface area contributed by atoms with Crippen molar-refractivity contribution in [2.24, 2.45) is 4.99 Å². The molecule has 6 nitrogen and oxygen atoms in total. The first-order valence-electron chi connectivity index (χ1n) is 10.1. The van der Waals surface area contributed by atoms with Crippen LogP contribution in [0.1, 0.15) is 35.5 Å². The largest absolute Gasteiger partial charge is 0.459 e. The summed E-state index contributed by atoms with van der Waals surface area (Å²) in [5.74, 6) is 1.29. The second-order valence-corrected chi connectivity index (χ2v) is 6.91. The number of hydrogen-bond acceptors (Lipinski definition) is 3. The Morgan fingerprint density at radius 1 is 1.03 bits per heavy atom. The number of benzene rings is 1. The third kappa shape index (κ3) is 6.48. The molecule has 1 saturated heterocycles. The van der Waals surface area contributed by atoms with Crippen molar-refractivity contribution in [3.05, 3.63) is 59.5 Å². The van der Waals surface area contributed by atoms with Crippen LogP contribution in [0.5, 0.6) is 0 Å². The zero-order valence-corrected chi connectivity index (χ0v) is 19.6. The van der Waals surface area contributed by atoms with E-state index in [1.807, 2.05) is 4.90 Å². The Kier molecular flexibility index (Phi) is 9.50. The lowest BCUT2D eigenvalue weighted by Gasteiger charge is -2.36. The summed E-state index contributed by atoms with van der Waals surface area (Å²) >= 11 is 0. The molecule has 0 unspecified atom stereocenters. The number of piperazine rings is 1. The van der Waals surface area contributed by atoms with Crippen LogP contribution >= 0.6 is 24.0 Å². The molecule has 2 aromatic rings. The van der Waals surface area contributed by atoms with Gasteiger partial charge in [-0.3, -0.25) is 9.79 Å². The summed E-state index contributed by atoms with van der Waals surface area (Å²) in [5.41, 5.74) is 2.67. The fourth-order valence-electron chi connectivity index (χ4n) is 3.34. The van der Waals surface area contributed by atoms with Crippen LogP contribution in [0.3, 0.4) is 0 Å². The Morgan fingerprint density at radius 2 is 1.69 bits per heavy atom. The number of aryl methyl sites for hydroxylation is 1. The lowest BCUT2D eigenvalue weighted by atomic mass is 10.1. The maximum Gasteiger partial charge on any atom is 0.289 e. The number of nitrogens with one attached hydrogen (secondary N) is 1. The topological polar surface area (TPSA) is 61.1 Å². The zero-order chi connectivity index (χ0) is 19.8. The first kappa shape index (κ1) is 23.3. The SMILES string of the molecule is CCNC(=NCCc1ccc(CC)cc1)N1CCN(C(=O)c2ccco2)CC1.I. The number of guanidine groups is 1. The first-order valence-corrected chi connectivity index (χ1v) is 10.1. The average molecular weight is 510 g/mol. The summed E-state index contributed by atoms with van der Waals surface area (Å²) in [5, 5.41) is 3.38. The van der Waals surface area contributed by atoms with Crippen molar-refractivity contribution in [2.75, 3.05) is 39.3 Å². The molecule has 0 saturated carbocycles. The Labute approximate surface area is 190 Å². The number of furan rings is 1.